The highest BCUT2D eigenvalue weighted by Crippen LogP contribution is 2.44. The Labute approximate surface area is 212 Å². The molecule has 0 radical (unpaired) electrons. The Balaban J connectivity index is 2.41. The molecule has 0 bridgehead atoms. The van der Waals surface area contributed by atoms with E-state index in [0.29, 0.717) is 24.0 Å². The van der Waals surface area contributed by atoms with Gasteiger partial charge in [-0.05, 0) is 17.5 Å². The molecule has 0 fully saturated rings. The van der Waals surface area contributed by atoms with Crippen molar-refractivity contribution in [2.45, 2.75) is 57.6 Å². The van der Waals surface area contributed by atoms with Crippen molar-refractivity contribution in [2.75, 3.05) is 6.16 Å². The Bertz CT molecular complexity index is 1030. The summed E-state index contributed by atoms with van der Waals surface area (Å²) in [6.07, 6.45) is 2.52. The molecule has 194 valence electrons. The second kappa shape index (κ2) is 13.8. The van der Waals surface area contributed by atoms with Crippen molar-refractivity contribution < 1.29 is 33.1 Å². The Morgan fingerprint density at radius 1 is 1.00 bits per heavy atom. The fourth-order valence-corrected chi connectivity index (χ4v) is 4.83. The fourth-order valence-electron chi connectivity index (χ4n) is 3.70. The van der Waals surface area contributed by atoms with Gasteiger partial charge in [-0.25, -0.2) is 14.2 Å². The van der Waals surface area contributed by atoms with Gasteiger partial charge >= 0.3 is 19.5 Å². The van der Waals surface area contributed by atoms with Gasteiger partial charge in [-0.2, -0.15) is 0 Å². The first-order valence-corrected chi connectivity index (χ1v) is 13.7. The van der Waals surface area contributed by atoms with Gasteiger partial charge in [0.25, 0.3) is 0 Å². The lowest BCUT2D eigenvalue weighted by Gasteiger charge is -2.31. The summed E-state index contributed by atoms with van der Waals surface area (Å²) >= 11 is 0. The minimum absolute atomic E-state index is 0.255. The number of rotatable bonds is 14. The summed E-state index contributed by atoms with van der Waals surface area (Å²) in [5, 5.41) is 2.31. The van der Waals surface area contributed by atoms with Crippen LogP contribution in [0.15, 0.2) is 73.3 Å². The van der Waals surface area contributed by atoms with Gasteiger partial charge in [0.2, 0.25) is 11.4 Å². The van der Waals surface area contributed by atoms with E-state index in [9.17, 15) is 23.8 Å². The van der Waals surface area contributed by atoms with Crippen molar-refractivity contribution in [3.05, 3.63) is 84.4 Å². The summed E-state index contributed by atoms with van der Waals surface area (Å²) < 4.78 is 23.4. The largest absolute Gasteiger partial charge is 0.450 e. The molecule has 2 N–H and O–H groups in total. The second-order valence-corrected chi connectivity index (χ2v) is 10.4. The monoisotopic (exact) mass is 515 g/mol. The molecule has 1 amide bonds. The molecular formula is C27H34NO7P. The van der Waals surface area contributed by atoms with Crippen LogP contribution in [-0.4, -0.2) is 34.4 Å². The molecule has 0 saturated heterocycles. The summed E-state index contributed by atoms with van der Waals surface area (Å²) in [5.41, 5.74) is -1.13. The van der Waals surface area contributed by atoms with Gasteiger partial charge in [-0.15, -0.1) is 6.58 Å². The highest BCUT2D eigenvalue weighted by atomic mass is 31.2. The minimum Gasteiger partial charge on any atom is -0.450 e. The molecule has 0 spiro atoms. The molecule has 0 aliphatic rings. The number of ether oxygens (including phenoxy) is 1. The van der Waals surface area contributed by atoms with Crippen LogP contribution in [0.1, 0.15) is 63.2 Å². The first-order chi connectivity index (χ1) is 17.1. The van der Waals surface area contributed by atoms with Crippen LogP contribution in [0, 0.1) is 0 Å². The summed E-state index contributed by atoms with van der Waals surface area (Å²) in [7, 11) is -4.39. The number of esters is 1. The van der Waals surface area contributed by atoms with Crippen molar-refractivity contribution in [1.82, 2.24) is 5.32 Å². The SMILES string of the molecule is C=CCC(NC(C)=O)(C(=O)OC(c1ccccc1)c1ccccc1)C(=O)OP(=O)(O)CCCCCC. The number of carbonyl (C=O) groups excluding carboxylic acids is 3. The van der Waals surface area contributed by atoms with Gasteiger partial charge in [-0.3, -0.25) is 4.79 Å². The maximum absolute atomic E-state index is 13.6. The standard InChI is InChI=1S/C27H34NO7P/c1-4-6-7-14-20-36(32,33)35-26(31)27(19-5-2,28-21(3)29)25(30)34-24(22-15-10-8-11-16-22)23-17-12-9-13-18-23/h5,8-13,15-18,24H,2,4,6-7,14,19-20H2,1,3H3,(H,28,29)(H,32,33). The fraction of sp³-hybridized carbons (Fsp3) is 0.370. The van der Waals surface area contributed by atoms with Gasteiger partial charge in [0, 0.05) is 13.3 Å². The Morgan fingerprint density at radius 2 is 1.56 bits per heavy atom. The van der Waals surface area contributed by atoms with Gasteiger partial charge in [0.1, 0.15) is 0 Å². The number of unbranched alkanes of at least 4 members (excludes halogenated alkanes) is 3. The quantitative estimate of drug-likeness (QED) is 0.118. The molecule has 2 atom stereocenters. The van der Waals surface area contributed by atoms with Crippen LogP contribution in [0.3, 0.4) is 0 Å². The van der Waals surface area contributed by atoms with Crippen LogP contribution < -0.4 is 5.32 Å². The molecule has 2 aromatic carbocycles. The lowest BCUT2D eigenvalue weighted by molar-refractivity contribution is -0.166. The predicted molar refractivity (Wildman–Crippen MR) is 137 cm³/mol. The molecule has 0 aliphatic heterocycles. The van der Waals surface area contributed by atoms with Crippen molar-refractivity contribution in [2.24, 2.45) is 0 Å². The third-order valence-electron chi connectivity index (χ3n) is 5.49. The molecule has 0 saturated carbocycles. The van der Waals surface area contributed by atoms with Gasteiger partial charge in [0.15, 0.2) is 6.10 Å². The van der Waals surface area contributed by atoms with E-state index in [4.69, 9.17) is 9.26 Å². The maximum Gasteiger partial charge on any atom is 0.378 e. The molecule has 0 heterocycles. The Kier molecular flexibility index (Phi) is 11.1. The van der Waals surface area contributed by atoms with Crippen molar-refractivity contribution >= 4 is 25.4 Å². The van der Waals surface area contributed by atoms with Crippen LogP contribution in [0.2, 0.25) is 0 Å². The molecule has 0 aliphatic carbocycles. The van der Waals surface area contributed by atoms with E-state index in [-0.39, 0.29) is 6.16 Å². The lowest BCUT2D eigenvalue weighted by atomic mass is 9.94. The average molecular weight is 516 g/mol. The molecule has 0 aromatic heterocycles. The van der Waals surface area contributed by atoms with Crippen LogP contribution in [0.4, 0.5) is 0 Å². The zero-order valence-electron chi connectivity index (χ0n) is 20.7. The van der Waals surface area contributed by atoms with E-state index < -0.39 is 43.5 Å². The molecule has 2 rings (SSSR count). The number of carbonyl (C=O) groups is 3. The van der Waals surface area contributed by atoms with E-state index in [2.05, 4.69) is 11.9 Å². The van der Waals surface area contributed by atoms with E-state index in [1.165, 1.54) is 6.08 Å². The third-order valence-corrected chi connectivity index (χ3v) is 6.82. The number of amides is 1. The number of nitrogens with one attached hydrogen (secondary N) is 1. The van der Waals surface area contributed by atoms with Crippen LogP contribution >= 0.6 is 7.60 Å². The molecular weight excluding hydrogens is 481 g/mol. The van der Waals surface area contributed by atoms with E-state index in [1.807, 2.05) is 19.1 Å². The Morgan fingerprint density at radius 3 is 2.03 bits per heavy atom. The van der Waals surface area contributed by atoms with E-state index >= 15 is 0 Å². The van der Waals surface area contributed by atoms with Crippen LogP contribution in [0.25, 0.3) is 0 Å². The summed E-state index contributed by atoms with van der Waals surface area (Å²) in [4.78, 5) is 49.3. The lowest BCUT2D eigenvalue weighted by Crippen LogP contribution is -2.60. The Hall–Kier alpha value is -3.22. The number of hydrogen-bond acceptors (Lipinski definition) is 6. The smallest absolute Gasteiger partial charge is 0.378 e. The molecule has 36 heavy (non-hydrogen) atoms. The minimum atomic E-state index is -4.39. The average Bonchev–Trinajstić information content (AvgIpc) is 2.85. The third kappa shape index (κ3) is 8.18. The highest BCUT2D eigenvalue weighted by molar-refractivity contribution is 7.53. The van der Waals surface area contributed by atoms with Gasteiger partial charge in [-0.1, -0.05) is 92.9 Å². The van der Waals surface area contributed by atoms with E-state index in [0.717, 1.165) is 19.8 Å². The predicted octanol–water partition coefficient (Wildman–Crippen LogP) is 5.08. The molecule has 9 heteroatoms. The first kappa shape index (κ1) is 29.0. The van der Waals surface area contributed by atoms with Crippen LogP contribution in [-0.2, 0) is 28.2 Å². The second-order valence-electron chi connectivity index (χ2n) is 8.49. The zero-order chi connectivity index (χ0) is 26.6. The summed E-state index contributed by atoms with van der Waals surface area (Å²) in [6, 6.07) is 17.8. The highest BCUT2D eigenvalue weighted by Gasteiger charge is 2.52. The maximum atomic E-state index is 13.6. The number of benzene rings is 2. The summed E-state index contributed by atoms with van der Waals surface area (Å²) in [6.45, 7) is 6.70. The van der Waals surface area contributed by atoms with Crippen molar-refractivity contribution in [1.29, 1.82) is 0 Å². The van der Waals surface area contributed by atoms with Crippen molar-refractivity contribution in [3.8, 4) is 0 Å². The zero-order valence-corrected chi connectivity index (χ0v) is 21.6. The van der Waals surface area contributed by atoms with E-state index in [1.54, 1.807) is 48.5 Å². The van der Waals surface area contributed by atoms with Crippen molar-refractivity contribution in [3.63, 3.8) is 0 Å². The number of hydrogen-bond donors (Lipinski definition) is 2. The van der Waals surface area contributed by atoms with Gasteiger partial charge in [0.05, 0.1) is 6.16 Å². The first-order valence-electron chi connectivity index (χ1n) is 11.9. The molecule has 2 aromatic rings. The van der Waals surface area contributed by atoms with Gasteiger partial charge < -0.3 is 19.5 Å². The molecule has 8 nitrogen and oxygen atoms in total. The normalized spacial score (nSPS) is 14.2. The topological polar surface area (TPSA) is 119 Å². The summed E-state index contributed by atoms with van der Waals surface area (Å²) in [5.74, 6) is -3.23. The molecule has 2 unspecified atom stereocenters. The van der Waals surface area contributed by atoms with Crippen LogP contribution in [0.5, 0.6) is 0 Å².